The third-order valence-electron chi connectivity index (χ3n) is 5.21. The summed E-state index contributed by atoms with van der Waals surface area (Å²) in [5.41, 5.74) is 8.05. The van der Waals surface area contributed by atoms with Crippen LogP contribution >= 0.6 is 12.2 Å². The predicted molar refractivity (Wildman–Crippen MR) is 127 cm³/mol. The van der Waals surface area contributed by atoms with E-state index in [0.29, 0.717) is 0 Å². The first-order chi connectivity index (χ1) is 13.5. The van der Waals surface area contributed by atoms with E-state index in [1.807, 2.05) is 6.20 Å². The molecule has 0 aliphatic carbocycles. The highest BCUT2D eigenvalue weighted by atomic mass is 32.1. The summed E-state index contributed by atoms with van der Waals surface area (Å²) in [6, 6.07) is 10.7. The molecule has 1 heterocycles. The highest BCUT2D eigenvalue weighted by Crippen LogP contribution is 2.29. The van der Waals surface area contributed by atoms with Gasteiger partial charge in [0.15, 0.2) is 4.77 Å². The molecule has 3 nitrogen and oxygen atoms in total. The molecule has 0 aliphatic rings. The van der Waals surface area contributed by atoms with Gasteiger partial charge in [0, 0.05) is 17.8 Å². The fraction of sp³-hybridized carbons (Fsp3) is 0.360. The fourth-order valence-corrected chi connectivity index (χ4v) is 4.23. The summed E-state index contributed by atoms with van der Waals surface area (Å²) in [7, 11) is 0. The summed E-state index contributed by atoms with van der Waals surface area (Å²) in [6.07, 6.45) is 4.09. The highest BCUT2D eigenvalue weighted by molar-refractivity contribution is 7.71. The number of aryl methyl sites for hydroxylation is 5. The summed E-state index contributed by atoms with van der Waals surface area (Å²) < 4.78 is 4.89. The van der Waals surface area contributed by atoms with Gasteiger partial charge in [-0.15, -0.1) is 0 Å². The summed E-state index contributed by atoms with van der Waals surface area (Å²) in [5.74, 6) is 0.945. The summed E-state index contributed by atoms with van der Waals surface area (Å²) in [6.45, 7) is 17.2. The Morgan fingerprint density at radius 3 is 1.93 bits per heavy atom. The van der Waals surface area contributed by atoms with Crippen molar-refractivity contribution in [3.63, 3.8) is 0 Å². The molecule has 0 fully saturated rings. The Hall–Kier alpha value is -2.46. The zero-order chi connectivity index (χ0) is 21.5. The molecule has 3 aromatic rings. The van der Waals surface area contributed by atoms with Crippen molar-refractivity contribution in [1.82, 2.24) is 9.13 Å². The molecule has 3 rings (SSSR count). The van der Waals surface area contributed by atoms with Crippen LogP contribution < -0.4 is 0 Å². The first kappa shape index (κ1) is 21.3. The first-order valence-corrected chi connectivity index (χ1v) is 10.5. The number of benzene rings is 2. The molecular weight excluding hydrogens is 374 g/mol. The van der Waals surface area contributed by atoms with Gasteiger partial charge in [-0.25, -0.2) is 4.99 Å². The minimum Gasteiger partial charge on any atom is -0.292 e. The van der Waals surface area contributed by atoms with E-state index in [2.05, 4.69) is 101 Å². The number of rotatable bonds is 2. The van der Waals surface area contributed by atoms with Gasteiger partial charge in [-0.05, 0) is 69.1 Å². The Morgan fingerprint density at radius 1 is 0.862 bits per heavy atom. The molecule has 0 aliphatic heterocycles. The predicted octanol–water partition coefficient (Wildman–Crippen LogP) is 7.17. The van der Waals surface area contributed by atoms with Crippen LogP contribution in [0.4, 0.5) is 5.69 Å². The lowest BCUT2D eigenvalue weighted by molar-refractivity contribution is 0.569. The Balaban J connectivity index is 2.24. The molecule has 152 valence electrons. The molecule has 0 radical (unpaired) electrons. The SMILES string of the molecule is Cc1cc(C)c(-n2ccn(C(=Nc3c(C)cccc3C)C(C)(C)C)c2=S)c(C)c1. The van der Waals surface area contributed by atoms with Crippen molar-refractivity contribution in [3.05, 3.63) is 75.3 Å². The lowest BCUT2D eigenvalue weighted by Gasteiger charge is -2.23. The van der Waals surface area contributed by atoms with Gasteiger partial charge in [-0.1, -0.05) is 56.7 Å². The van der Waals surface area contributed by atoms with Gasteiger partial charge in [-0.3, -0.25) is 9.13 Å². The average Bonchev–Trinajstić information content (AvgIpc) is 2.94. The van der Waals surface area contributed by atoms with Crippen molar-refractivity contribution in [2.45, 2.75) is 55.4 Å². The quantitative estimate of drug-likeness (QED) is 0.251. The lowest BCUT2D eigenvalue weighted by atomic mass is 9.94. The van der Waals surface area contributed by atoms with Crippen molar-refractivity contribution in [3.8, 4) is 5.69 Å². The Kier molecular flexibility index (Phi) is 5.68. The van der Waals surface area contributed by atoms with Crippen molar-refractivity contribution in [2.75, 3.05) is 0 Å². The number of aromatic nitrogens is 2. The fourth-order valence-electron chi connectivity index (χ4n) is 3.93. The largest absolute Gasteiger partial charge is 0.292 e. The molecule has 29 heavy (non-hydrogen) atoms. The molecule has 0 unspecified atom stereocenters. The number of aliphatic imine (C=N–C) groups is 1. The Bertz CT molecular complexity index is 1110. The molecule has 0 saturated carbocycles. The van der Waals surface area contributed by atoms with Gasteiger partial charge in [0.05, 0.1) is 11.4 Å². The monoisotopic (exact) mass is 405 g/mol. The van der Waals surface area contributed by atoms with Gasteiger partial charge in [-0.2, -0.15) is 0 Å². The van der Waals surface area contributed by atoms with E-state index in [1.165, 1.54) is 27.8 Å². The second-order valence-corrected chi connectivity index (χ2v) is 9.36. The van der Waals surface area contributed by atoms with Crippen LogP contribution in [-0.4, -0.2) is 15.0 Å². The maximum atomic E-state index is 5.93. The summed E-state index contributed by atoms with van der Waals surface area (Å²) >= 11 is 5.93. The van der Waals surface area contributed by atoms with Crippen LogP contribution in [0.3, 0.4) is 0 Å². The van der Waals surface area contributed by atoms with E-state index in [0.717, 1.165) is 22.0 Å². The molecule has 2 aromatic carbocycles. The third kappa shape index (κ3) is 4.13. The maximum Gasteiger partial charge on any atom is 0.190 e. The standard InChI is InChI=1S/C25H31N3S/c1-16-14-19(4)22(20(5)15-16)27-12-13-28(24(27)29)23(25(6,7)8)26-21-17(2)10-9-11-18(21)3/h9-15H,1-8H3. The third-order valence-corrected chi connectivity index (χ3v) is 5.60. The number of hydrogen-bond acceptors (Lipinski definition) is 2. The van der Waals surface area contributed by atoms with Gasteiger partial charge in [0.1, 0.15) is 5.84 Å². The maximum absolute atomic E-state index is 5.93. The molecule has 1 aromatic heterocycles. The van der Waals surface area contributed by atoms with Crippen LogP contribution in [0.5, 0.6) is 0 Å². The second kappa shape index (κ2) is 7.75. The Morgan fingerprint density at radius 2 is 1.41 bits per heavy atom. The van der Waals surface area contributed by atoms with Gasteiger partial charge in [0.25, 0.3) is 0 Å². The topological polar surface area (TPSA) is 22.2 Å². The molecular formula is C25H31N3S. The van der Waals surface area contributed by atoms with Crippen molar-refractivity contribution in [2.24, 2.45) is 10.4 Å². The van der Waals surface area contributed by atoms with E-state index < -0.39 is 0 Å². The van der Waals surface area contributed by atoms with Gasteiger partial charge >= 0.3 is 0 Å². The first-order valence-electron chi connectivity index (χ1n) is 10.0. The number of imidazole rings is 1. The van der Waals surface area contributed by atoms with Crippen LogP contribution in [0.25, 0.3) is 5.69 Å². The van der Waals surface area contributed by atoms with E-state index in [9.17, 15) is 0 Å². The zero-order valence-electron chi connectivity index (χ0n) is 18.8. The number of para-hydroxylation sites is 1. The molecule has 0 bridgehead atoms. The molecule has 0 amide bonds. The molecule has 0 saturated heterocycles. The molecule has 4 heteroatoms. The number of nitrogens with zero attached hydrogens (tertiary/aromatic N) is 3. The lowest BCUT2D eigenvalue weighted by Crippen LogP contribution is -2.28. The smallest absolute Gasteiger partial charge is 0.190 e. The van der Waals surface area contributed by atoms with Crippen molar-refractivity contribution < 1.29 is 0 Å². The van der Waals surface area contributed by atoms with E-state index in [-0.39, 0.29) is 5.41 Å². The number of hydrogen-bond donors (Lipinski definition) is 0. The van der Waals surface area contributed by atoms with Crippen molar-refractivity contribution in [1.29, 1.82) is 0 Å². The van der Waals surface area contributed by atoms with Crippen LogP contribution in [0.15, 0.2) is 47.7 Å². The van der Waals surface area contributed by atoms with Crippen molar-refractivity contribution >= 4 is 23.7 Å². The average molecular weight is 406 g/mol. The molecule has 0 N–H and O–H groups in total. The molecule has 0 spiro atoms. The Labute approximate surface area is 179 Å². The molecule has 0 atom stereocenters. The van der Waals surface area contributed by atoms with E-state index in [4.69, 9.17) is 17.2 Å². The van der Waals surface area contributed by atoms with Gasteiger partial charge < -0.3 is 0 Å². The van der Waals surface area contributed by atoms with E-state index >= 15 is 0 Å². The van der Waals surface area contributed by atoms with Gasteiger partial charge in [0.2, 0.25) is 0 Å². The summed E-state index contributed by atoms with van der Waals surface area (Å²) in [4.78, 5) is 5.13. The zero-order valence-corrected chi connectivity index (χ0v) is 19.6. The second-order valence-electron chi connectivity index (χ2n) is 8.99. The van der Waals surface area contributed by atoms with Crippen LogP contribution in [0, 0.1) is 44.8 Å². The van der Waals surface area contributed by atoms with Crippen LogP contribution in [0.2, 0.25) is 0 Å². The summed E-state index contributed by atoms with van der Waals surface area (Å²) in [5, 5.41) is 0. The van der Waals surface area contributed by atoms with Crippen LogP contribution in [-0.2, 0) is 0 Å². The minimum absolute atomic E-state index is 0.170. The van der Waals surface area contributed by atoms with E-state index in [1.54, 1.807) is 0 Å². The highest BCUT2D eigenvalue weighted by Gasteiger charge is 2.23. The minimum atomic E-state index is -0.170. The normalized spacial score (nSPS) is 12.5. The van der Waals surface area contributed by atoms with Crippen LogP contribution in [0.1, 0.15) is 48.6 Å².